The number of aromatic nitrogens is 1. The van der Waals surface area contributed by atoms with Crippen LogP contribution >= 0.6 is 23.7 Å². The molecule has 2 heterocycles. The van der Waals surface area contributed by atoms with Gasteiger partial charge in [-0.15, -0.1) is 23.7 Å². The number of carbonyl (C=O) groups is 1. The predicted molar refractivity (Wildman–Crippen MR) is 126 cm³/mol. The highest BCUT2D eigenvalue weighted by Crippen LogP contribution is 2.28. The molecule has 1 aromatic heterocycles. The molecule has 0 aliphatic carbocycles. The van der Waals surface area contributed by atoms with E-state index in [2.05, 4.69) is 22.2 Å². The van der Waals surface area contributed by atoms with Crippen molar-refractivity contribution >= 4 is 44.8 Å². The second-order valence-corrected chi connectivity index (χ2v) is 10.3. The first kappa shape index (κ1) is 26.7. The van der Waals surface area contributed by atoms with Gasteiger partial charge in [0.15, 0.2) is 5.13 Å². The number of halogens is 1. The van der Waals surface area contributed by atoms with Crippen molar-refractivity contribution in [2.24, 2.45) is 0 Å². The van der Waals surface area contributed by atoms with E-state index in [1.807, 2.05) is 0 Å². The Labute approximate surface area is 199 Å². The minimum atomic E-state index is -3.73. The number of fused-ring (bicyclic) bond motifs is 1. The number of rotatable bonds is 10. The van der Waals surface area contributed by atoms with Crippen LogP contribution in [0, 0.1) is 0 Å². The molecule has 178 valence electrons. The smallest absolute Gasteiger partial charge is 0.257 e. The fourth-order valence-electron chi connectivity index (χ4n) is 3.21. The summed E-state index contributed by atoms with van der Waals surface area (Å²) in [5.41, 5.74) is 1.40. The van der Waals surface area contributed by atoms with Crippen LogP contribution in [-0.4, -0.2) is 82.6 Å². The molecular formula is C20H29ClN4O5S2. The van der Waals surface area contributed by atoms with Gasteiger partial charge in [0.2, 0.25) is 10.0 Å². The van der Waals surface area contributed by atoms with Gasteiger partial charge in [-0.1, -0.05) is 0 Å². The molecule has 2 aromatic rings. The molecule has 0 radical (unpaired) electrons. The molecule has 1 aromatic carbocycles. The van der Waals surface area contributed by atoms with Crippen molar-refractivity contribution in [2.45, 2.75) is 17.9 Å². The van der Waals surface area contributed by atoms with E-state index in [1.54, 1.807) is 0 Å². The molecule has 0 saturated carbocycles. The summed E-state index contributed by atoms with van der Waals surface area (Å²) in [6.07, 6.45) is 0.868. The van der Waals surface area contributed by atoms with E-state index in [4.69, 9.17) is 9.47 Å². The van der Waals surface area contributed by atoms with Gasteiger partial charge in [0.05, 0.1) is 23.8 Å². The third-order valence-corrected chi connectivity index (χ3v) is 7.90. The molecule has 1 N–H and O–H groups in total. The Morgan fingerprint density at radius 3 is 2.41 bits per heavy atom. The second kappa shape index (κ2) is 12.0. The van der Waals surface area contributed by atoms with Gasteiger partial charge in [0, 0.05) is 57.3 Å². The highest BCUT2D eigenvalue weighted by Gasteiger charge is 2.24. The van der Waals surface area contributed by atoms with Crippen molar-refractivity contribution in [1.82, 2.24) is 14.2 Å². The summed E-state index contributed by atoms with van der Waals surface area (Å²) in [7, 11) is 1.37. The molecule has 1 amide bonds. The lowest BCUT2D eigenvalue weighted by Crippen LogP contribution is -2.36. The fourth-order valence-corrected chi connectivity index (χ4v) is 5.70. The van der Waals surface area contributed by atoms with Gasteiger partial charge in [0.1, 0.15) is 0 Å². The molecule has 0 unspecified atom stereocenters. The van der Waals surface area contributed by atoms with Crippen LogP contribution in [0.25, 0.3) is 0 Å². The largest absolute Gasteiger partial charge is 0.383 e. The third-order valence-electron chi connectivity index (χ3n) is 4.99. The zero-order valence-corrected chi connectivity index (χ0v) is 20.8. The molecule has 0 atom stereocenters. The van der Waals surface area contributed by atoms with Crippen LogP contribution in [-0.2, 0) is 32.5 Å². The summed E-state index contributed by atoms with van der Waals surface area (Å²) in [6, 6.07) is 5.90. The van der Waals surface area contributed by atoms with Gasteiger partial charge in [-0.25, -0.2) is 13.4 Å². The van der Waals surface area contributed by atoms with Gasteiger partial charge < -0.3 is 14.4 Å². The molecule has 1 aliphatic rings. The van der Waals surface area contributed by atoms with Crippen LogP contribution in [0.1, 0.15) is 20.9 Å². The first-order chi connectivity index (χ1) is 14.8. The molecular weight excluding hydrogens is 476 g/mol. The first-order valence-electron chi connectivity index (χ1n) is 9.91. The van der Waals surface area contributed by atoms with Crippen molar-refractivity contribution in [3.8, 4) is 0 Å². The normalized spacial score (nSPS) is 14.1. The minimum absolute atomic E-state index is 0. The number of amides is 1. The van der Waals surface area contributed by atoms with Crippen molar-refractivity contribution in [3.05, 3.63) is 40.4 Å². The minimum Gasteiger partial charge on any atom is -0.383 e. The number of anilines is 1. The van der Waals surface area contributed by atoms with Crippen molar-refractivity contribution in [3.63, 3.8) is 0 Å². The zero-order valence-electron chi connectivity index (χ0n) is 18.4. The van der Waals surface area contributed by atoms with Crippen LogP contribution in [0.15, 0.2) is 29.2 Å². The molecule has 0 fully saturated rings. The second-order valence-electron chi connectivity index (χ2n) is 7.24. The summed E-state index contributed by atoms with van der Waals surface area (Å²) in [5, 5.41) is 3.39. The summed E-state index contributed by atoms with van der Waals surface area (Å²) < 4.78 is 37.3. The summed E-state index contributed by atoms with van der Waals surface area (Å²) in [4.78, 5) is 20.6. The van der Waals surface area contributed by atoms with E-state index in [0.29, 0.717) is 10.7 Å². The van der Waals surface area contributed by atoms with Crippen LogP contribution in [0.5, 0.6) is 0 Å². The van der Waals surface area contributed by atoms with E-state index in [1.165, 1.54) is 54.1 Å². The highest BCUT2D eigenvalue weighted by atomic mass is 35.5. The maximum Gasteiger partial charge on any atom is 0.257 e. The molecule has 0 spiro atoms. The maximum absolute atomic E-state index is 13.0. The lowest BCUT2D eigenvalue weighted by atomic mass is 10.2. The Morgan fingerprint density at radius 2 is 1.81 bits per heavy atom. The van der Waals surface area contributed by atoms with E-state index in [9.17, 15) is 13.2 Å². The number of sulfonamides is 1. The molecule has 1 aliphatic heterocycles. The van der Waals surface area contributed by atoms with E-state index in [-0.39, 0.29) is 49.5 Å². The lowest BCUT2D eigenvalue weighted by molar-refractivity contribution is 0.102. The monoisotopic (exact) mass is 504 g/mol. The number of hydrogen-bond acceptors (Lipinski definition) is 8. The van der Waals surface area contributed by atoms with Gasteiger partial charge in [-0.05, 0) is 31.3 Å². The fraction of sp³-hybridized carbons (Fsp3) is 0.500. The Bertz CT molecular complexity index is 990. The zero-order chi connectivity index (χ0) is 22.4. The molecule has 0 saturated heterocycles. The van der Waals surface area contributed by atoms with Gasteiger partial charge in [-0.2, -0.15) is 4.31 Å². The number of carbonyl (C=O) groups excluding carboxylic acids is 1. The summed E-state index contributed by atoms with van der Waals surface area (Å²) in [6.45, 7) is 2.76. The Morgan fingerprint density at radius 1 is 1.19 bits per heavy atom. The van der Waals surface area contributed by atoms with Gasteiger partial charge in [-0.3, -0.25) is 10.1 Å². The standard InChI is InChI=1S/C20H28N4O5S2.ClH/c1-23-9-8-17-18(14-23)30-20(21-17)22-19(25)15-4-6-16(7-5-15)31(26,27)24(10-12-28-2)11-13-29-3;/h4-7H,8-14H2,1-3H3,(H,21,22,25);1H. The Balaban J connectivity index is 0.00000363. The Kier molecular flexibility index (Phi) is 10.0. The first-order valence-corrected chi connectivity index (χ1v) is 12.2. The highest BCUT2D eigenvalue weighted by molar-refractivity contribution is 7.89. The Hall–Kier alpha value is -1.60. The molecule has 3 rings (SSSR count). The molecule has 9 nitrogen and oxygen atoms in total. The molecule has 12 heteroatoms. The number of benzene rings is 1. The summed E-state index contributed by atoms with van der Waals surface area (Å²) >= 11 is 1.48. The average molecular weight is 505 g/mol. The van der Waals surface area contributed by atoms with Gasteiger partial charge in [0.25, 0.3) is 5.91 Å². The SMILES string of the molecule is COCCN(CCOC)S(=O)(=O)c1ccc(C(=O)Nc2nc3c(s2)CN(C)CC3)cc1.Cl. The van der Waals surface area contributed by atoms with E-state index >= 15 is 0 Å². The third kappa shape index (κ3) is 6.47. The van der Waals surface area contributed by atoms with Gasteiger partial charge >= 0.3 is 0 Å². The number of hydrogen-bond donors (Lipinski definition) is 1. The average Bonchev–Trinajstić information content (AvgIpc) is 3.15. The molecule has 32 heavy (non-hydrogen) atoms. The van der Waals surface area contributed by atoms with Crippen LogP contribution in [0.2, 0.25) is 0 Å². The van der Waals surface area contributed by atoms with E-state index in [0.717, 1.165) is 30.1 Å². The van der Waals surface area contributed by atoms with Crippen LogP contribution < -0.4 is 5.32 Å². The topological polar surface area (TPSA) is 101 Å². The number of ether oxygens (including phenoxy) is 2. The van der Waals surface area contributed by atoms with Crippen molar-refractivity contribution in [2.75, 3.05) is 59.4 Å². The van der Waals surface area contributed by atoms with Crippen LogP contribution in [0.4, 0.5) is 5.13 Å². The number of methoxy groups -OCH3 is 2. The summed E-state index contributed by atoms with van der Waals surface area (Å²) in [5.74, 6) is -0.320. The molecule has 0 bridgehead atoms. The van der Waals surface area contributed by atoms with E-state index < -0.39 is 10.0 Å². The van der Waals surface area contributed by atoms with Crippen molar-refractivity contribution in [1.29, 1.82) is 0 Å². The van der Waals surface area contributed by atoms with Crippen LogP contribution in [0.3, 0.4) is 0 Å². The quantitative estimate of drug-likeness (QED) is 0.528. The van der Waals surface area contributed by atoms with Crippen molar-refractivity contribution < 1.29 is 22.7 Å². The number of likely N-dealkylation sites (N-methyl/N-ethyl adjacent to an activating group) is 1. The predicted octanol–water partition coefficient (Wildman–Crippen LogP) is 2.09. The number of nitrogens with zero attached hydrogens (tertiary/aromatic N) is 3. The lowest BCUT2D eigenvalue weighted by Gasteiger charge is -2.21. The maximum atomic E-state index is 13.0. The number of nitrogens with one attached hydrogen (secondary N) is 1. The number of thiazole rings is 1.